The van der Waals surface area contributed by atoms with Crippen LogP contribution in [-0.2, 0) is 0 Å². The van der Waals surface area contributed by atoms with Crippen LogP contribution in [0.4, 0.5) is 0 Å². The average Bonchev–Trinajstić information content (AvgIpc) is 3.60. The van der Waals surface area contributed by atoms with E-state index in [4.69, 9.17) is 15.0 Å². The summed E-state index contributed by atoms with van der Waals surface area (Å²) in [6, 6.07) is 35.7. The van der Waals surface area contributed by atoms with E-state index < -0.39 is 0 Å². The third kappa shape index (κ3) is 6.87. The van der Waals surface area contributed by atoms with Gasteiger partial charge in [0.15, 0.2) is 5.82 Å². The van der Waals surface area contributed by atoms with Crippen LogP contribution in [0.15, 0.2) is 159 Å². The van der Waals surface area contributed by atoms with Crippen LogP contribution in [-0.4, -0.2) is 15.0 Å². The third-order valence-corrected chi connectivity index (χ3v) is 9.69. The van der Waals surface area contributed by atoms with Crippen LogP contribution in [0.2, 0.25) is 0 Å². The van der Waals surface area contributed by atoms with E-state index in [0.29, 0.717) is 5.82 Å². The molecule has 4 aromatic carbocycles. The fourth-order valence-corrected chi connectivity index (χ4v) is 7.13. The number of hydrogen-bond donors (Lipinski definition) is 0. The minimum atomic E-state index is 0.226. The van der Waals surface area contributed by atoms with Gasteiger partial charge in [0, 0.05) is 28.2 Å². The largest absolute Gasteiger partial charge is 0.236 e. The number of hydrogen-bond acceptors (Lipinski definition) is 4. The van der Waals surface area contributed by atoms with Crippen molar-refractivity contribution in [1.29, 1.82) is 0 Å². The molecule has 7 rings (SSSR count). The van der Waals surface area contributed by atoms with Crippen LogP contribution in [0.25, 0.3) is 62.7 Å². The quantitative estimate of drug-likeness (QED) is 0.139. The molecule has 2 heterocycles. The van der Waals surface area contributed by atoms with Crippen molar-refractivity contribution in [2.75, 3.05) is 0 Å². The molecule has 0 radical (unpaired) electrons. The topological polar surface area (TPSA) is 38.7 Å². The van der Waals surface area contributed by atoms with Crippen LogP contribution < -0.4 is 9.88 Å². The van der Waals surface area contributed by atoms with Gasteiger partial charge >= 0.3 is 0 Å². The van der Waals surface area contributed by atoms with Crippen molar-refractivity contribution in [2.45, 2.75) is 12.3 Å². The van der Waals surface area contributed by atoms with E-state index in [2.05, 4.69) is 105 Å². The Balaban J connectivity index is 1.31. The molecule has 0 N–H and O–H groups in total. The normalized spacial score (nSPS) is 14.4. The highest BCUT2D eigenvalue weighted by molar-refractivity contribution is 7.10. The zero-order chi connectivity index (χ0) is 33.6. The Kier molecular flexibility index (Phi) is 9.31. The van der Waals surface area contributed by atoms with Gasteiger partial charge in [0.25, 0.3) is 0 Å². The molecule has 0 spiro atoms. The van der Waals surface area contributed by atoms with Gasteiger partial charge in [-0.2, -0.15) is 0 Å². The fourth-order valence-electron chi connectivity index (χ4n) is 6.11. The average molecular weight is 650 g/mol. The summed E-state index contributed by atoms with van der Waals surface area (Å²) in [5.41, 5.74) is 7.99. The number of allylic oxidation sites excluding steroid dienone is 8. The van der Waals surface area contributed by atoms with Gasteiger partial charge in [-0.25, -0.2) is 15.0 Å². The summed E-state index contributed by atoms with van der Waals surface area (Å²) in [4.78, 5) is 15.1. The van der Waals surface area contributed by atoms with Gasteiger partial charge < -0.3 is 0 Å². The van der Waals surface area contributed by atoms with Gasteiger partial charge in [0.05, 0.1) is 21.3 Å². The molecule has 1 atom stereocenters. The first-order valence-corrected chi connectivity index (χ1v) is 17.1. The van der Waals surface area contributed by atoms with E-state index in [1.807, 2.05) is 66.8 Å². The summed E-state index contributed by atoms with van der Waals surface area (Å²) >= 11 is 1.69. The molecule has 6 aromatic rings. The second kappa shape index (κ2) is 14.4. The number of fused-ring (bicyclic) bond motifs is 2. The molecule has 1 unspecified atom stereocenters. The summed E-state index contributed by atoms with van der Waals surface area (Å²) < 4.78 is 1.19. The van der Waals surface area contributed by atoms with Crippen LogP contribution in [0, 0.1) is 0 Å². The van der Waals surface area contributed by atoms with Crippen LogP contribution >= 0.6 is 11.3 Å². The smallest absolute Gasteiger partial charge is 0.160 e. The van der Waals surface area contributed by atoms with Crippen molar-refractivity contribution in [2.24, 2.45) is 0 Å². The Morgan fingerprint density at radius 2 is 1.51 bits per heavy atom. The molecule has 0 saturated heterocycles. The predicted octanol–water partition coefficient (Wildman–Crippen LogP) is 10.2. The first kappa shape index (κ1) is 31.6. The third-order valence-electron chi connectivity index (χ3n) is 8.58. The van der Waals surface area contributed by atoms with E-state index in [9.17, 15) is 0 Å². The lowest BCUT2D eigenvalue weighted by molar-refractivity contribution is 0.928. The minimum absolute atomic E-state index is 0.226. The molecule has 4 heteroatoms. The second-order valence-electron chi connectivity index (χ2n) is 11.8. The van der Waals surface area contributed by atoms with E-state index in [1.165, 1.54) is 15.5 Å². The maximum absolute atomic E-state index is 5.16. The van der Waals surface area contributed by atoms with E-state index >= 15 is 0 Å². The lowest BCUT2D eigenvalue weighted by Crippen LogP contribution is -2.25. The van der Waals surface area contributed by atoms with Crippen molar-refractivity contribution in [3.63, 3.8) is 0 Å². The highest BCUT2D eigenvalue weighted by atomic mass is 32.1. The zero-order valence-electron chi connectivity index (χ0n) is 27.2. The molecular weight excluding hydrogens is 615 g/mol. The first-order valence-electron chi connectivity index (χ1n) is 16.3. The van der Waals surface area contributed by atoms with Gasteiger partial charge in [-0.3, -0.25) is 0 Å². The molecule has 0 saturated carbocycles. The first-order chi connectivity index (χ1) is 24.1. The number of benzene rings is 4. The maximum atomic E-state index is 5.16. The molecule has 1 aliphatic rings. The Morgan fingerprint density at radius 1 is 0.776 bits per heavy atom. The lowest BCUT2D eigenvalue weighted by atomic mass is 9.87. The standard InChI is InChI=1S/C45H35N3S/c1-4-6-16-31(3)45-48-40-28-25-35(29-43(40)49-45)36-26-27-39(38-24-14-13-23-37(36)38)42-30-41(34-20-11-8-12-21-34)46-44(47-42)33(5-2)22-15-19-32-17-9-7-10-18-32/h4-24,26-30,35H,1-3,25H2/b16-6-,19-15+,33-22+. The predicted molar refractivity (Wildman–Crippen MR) is 210 cm³/mol. The molecule has 49 heavy (non-hydrogen) atoms. The summed E-state index contributed by atoms with van der Waals surface area (Å²) in [7, 11) is 0. The van der Waals surface area contributed by atoms with Crippen LogP contribution in [0.5, 0.6) is 0 Å². The van der Waals surface area contributed by atoms with Crippen molar-refractivity contribution >= 4 is 51.5 Å². The molecule has 1 aliphatic carbocycles. The van der Waals surface area contributed by atoms with Crippen molar-refractivity contribution in [3.8, 4) is 22.5 Å². The van der Waals surface area contributed by atoms with E-state index in [0.717, 1.165) is 61.4 Å². The summed E-state index contributed by atoms with van der Waals surface area (Å²) in [5.74, 6) is 0.856. The van der Waals surface area contributed by atoms with E-state index in [1.54, 1.807) is 17.4 Å². The fraction of sp³-hybridized carbons (Fsp3) is 0.0444. The van der Waals surface area contributed by atoms with Crippen molar-refractivity contribution in [1.82, 2.24) is 15.0 Å². The summed E-state index contributed by atoms with van der Waals surface area (Å²) in [6.07, 6.45) is 19.1. The number of rotatable bonds is 10. The van der Waals surface area contributed by atoms with Crippen molar-refractivity contribution < 1.29 is 0 Å². The Bertz CT molecular complexity index is 2410. The molecule has 0 bridgehead atoms. The highest BCUT2D eigenvalue weighted by Gasteiger charge is 2.19. The Labute approximate surface area is 291 Å². The Morgan fingerprint density at radius 3 is 2.29 bits per heavy atom. The molecular formula is C45H35N3S. The molecule has 0 amide bonds. The van der Waals surface area contributed by atoms with Crippen LogP contribution in [0.1, 0.15) is 34.3 Å². The molecule has 0 fully saturated rings. The maximum Gasteiger partial charge on any atom is 0.160 e. The number of thiazole rings is 1. The van der Waals surface area contributed by atoms with Gasteiger partial charge in [0.2, 0.25) is 0 Å². The van der Waals surface area contributed by atoms with Crippen LogP contribution in [0.3, 0.4) is 0 Å². The summed E-state index contributed by atoms with van der Waals surface area (Å²) in [6.45, 7) is 12.1. The number of nitrogens with zero attached hydrogens (tertiary/aromatic N) is 3. The minimum Gasteiger partial charge on any atom is -0.236 e. The highest BCUT2D eigenvalue weighted by Crippen LogP contribution is 2.37. The number of aromatic nitrogens is 3. The SMILES string of the molecule is C=C/C=C\C(=C)c1nc2c(s1)=CC(c1ccc(-c3cc(-c4ccccc4)nc(/C(C=C)=C/C=C/c4ccccc4)n3)c3ccccc13)CC=2. The lowest BCUT2D eigenvalue weighted by Gasteiger charge is -2.18. The van der Waals surface area contributed by atoms with Gasteiger partial charge in [0.1, 0.15) is 5.01 Å². The van der Waals surface area contributed by atoms with Gasteiger partial charge in [-0.05, 0) is 34.4 Å². The molecule has 0 aliphatic heterocycles. The zero-order valence-corrected chi connectivity index (χ0v) is 28.0. The molecule has 2 aromatic heterocycles. The van der Waals surface area contributed by atoms with Gasteiger partial charge in [-0.1, -0.05) is 171 Å². The van der Waals surface area contributed by atoms with E-state index in [-0.39, 0.29) is 5.92 Å². The Hall–Kier alpha value is -5.97. The second-order valence-corrected chi connectivity index (χ2v) is 12.8. The summed E-state index contributed by atoms with van der Waals surface area (Å²) in [5, 5.41) is 4.35. The molecule has 236 valence electrons. The van der Waals surface area contributed by atoms with Crippen molar-refractivity contribution in [3.05, 3.63) is 191 Å². The molecule has 3 nitrogen and oxygen atoms in total. The monoisotopic (exact) mass is 649 g/mol. The van der Waals surface area contributed by atoms with Gasteiger partial charge in [-0.15, -0.1) is 11.3 Å².